The summed E-state index contributed by atoms with van der Waals surface area (Å²) >= 11 is 0. The minimum Gasteiger partial charge on any atom is -0.378 e. The van der Waals surface area contributed by atoms with Gasteiger partial charge >= 0.3 is 0 Å². The molecule has 0 aromatic heterocycles. The molecule has 1 saturated heterocycles. The highest BCUT2D eigenvalue weighted by Crippen LogP contribution is 2.20. The molecule has 1 heterocycles. The SMILES string of the molecule is C#CC(=O)C1CCOC1C. The molecule has 1 fully saturated rings. The summed E-state index contributed by atoms with van der Waals surface area (Å²) in [4.78, 5) is 10.9. The van der Waals surface area contributed by atoms with Crippen molar-refractivity contribution in [1.82, 2.24) is 0 Å². The predicted octanol–water partition coefficient (Wildman–Crippen LogP) is 0.614. The van der Waals surface area contributed by atoms with Crippen molar-refractivity contribution in [2.24, 2.45) is 5.92 Å². The number of carbonyl (C=O) groups excluding carboxylic acids is 1. The Morgan fingerprint density at radius 2 is 2.50 bits per heavy atom. The number of hydrogen-bond acceptors (Lipinski definition) is 2. The maximum atomic E-state index is 10.9. The molecule has 0 aromatic rings. The van der Waals surface area contributed by atoms with Crippen LogP contribution in [0.1, 0.15) is 13.3 Å². The number of hydrogen-bond donors (Lipinski definition) is 0. The molecule has 10 heavy (non-hydrogen) atoms. The van der Waals surface area contributed by atoms with Gasteiger partial charge in [0.25, 0.3) is 0 Å². The van der Waals surface area contributed by atoms with Crippen LogP contribution in [0.3, 0.4) is 0 Å². The van der Waals surface area contributed by atoms with Gasteiger partial charge in [-0.1, -0.05) is 0 Å². The van der Waals surface area contributed by atoms with E-state index in [1.165, 1.54) is 0 Å². The molecule has 0 radical (unpaired) electrons. The Hall–Kier alpha value is -0.810. The summed E-state index contributed by atoms with van der Waals surface area (Å²) in [5, 5.41) is 0. The van der Waals surface area contributed by atoms with Crippen molar-refractivity contribution in [1.29, 1.82) is 0 Å². The molecule has 1 rings (SSSR count). The van der Waals surface area contributed by atoms with Gasteiger partial charge in [0, 0.05) is 6.61 Å². The third-order valence-electron chi connectivity index (χ3n) is 1.86. The molecule has 0 amide bonds. The summed E-state index contributed by atoms with van der Waals surface area (Å²) in [7, 11) is 0. The molecule has 2 heteroatoms. The van der Waals surface area contributed by atoms with Gasteiger partial charge in [-0.25, -0.2) is 0 Å². The highest BCUT2D eigenvalue weighted by molar-refractivity contribution is 5.97. The topological polar surface area (TPSA) is 26.3 Å². The summed E-state index contributed by atoms with van der Waals surface area (Å²) in [6.45, 7) is 2.55. The summed E-state index contributed by atoms with van der Waals surface area (Å²) < 4.78 is 5.17. The largest absolute Gasteiger partial charge is 0.378 e. The maximum Gasteiger partial charge on any atom is 0.210 e. The molecule has 54 valence electrons. The van der Waals surface area contributed by atoms with Crippen molar-refractivity contribution < 1.29 is 9.53 Å². The molecular weight excluding hydrogens is 128 g/mol. The van der Waals surface area contributed by atoms with Crippen molar-refractivity contribution in [3.05, 3.63) is 0 Å². The van der Waals surface area contributed by atoms with Crippen molar-refractivity contribution in [3.8, 4) is 12.3 Å². The van der Waals surface area contributed by atoms with Gasteiger partial charge < -0.3 is 4.74 Å². The van der Waals surface area contributed by atoms with Gasteiger partial charge in [0.15, 0.2) is 0 Å². The van der Waals surface area contributed by atoms with Gasteiger partial charge in [0.2, 0.25) is 5.78 Å². The molecule has 2 atom stereocenters. The molecule has 2 nitrogen and oxygen atoms in total. The Kier molecular flexibility index (Phi) is 2.08. The fourth-order valence-corrected chi connectivity index (χ4v) is 1.18. The zero-order valence-electron chi connectivity index (χ0n) is 5.96. The minimum absolute atomic E-state index is 0.0172. The molecular formula is C8H10O2. The van der Waals surface area contributed by atoms with Gasteiger partial charge in [0.1, 0.15) is 0 Å². The second-order valence-electron chi connectivity index (χ2n) is 2.48. The van der Waals surface area contributed by atoms with Crippen molar-refractivity contribution in [3.63, 3.8) is 0 Å². The Morgan fingerprint density at radius 1 is 1.80 bits per heavy atom. The zero-order valence-corrected chi connectivity index (χ0v) is 5.96. The van der Waals surface area contributed by atoms with E-state index in [-0.39, 0.29) is 17.8 Å². The summed E-state index contributed by atoms with van der Waals surface area (Å²) in [5.41, 5.74) is 0. The Labute approximate surface area is 60.6 Å². The summed E-state index contributed by atoms with van der Waals surface area (Å²) in [6, 6.07) is 0. The van der Waals surface area contributed by atoms with Crippen molar-refractivity contribution in [2.45, 2.75) is 19.4 Å². The molecule has 0 N–H and O–H groups in total. The maximum absolute atomic E-state index is 10.9. The first kappa shape index (κ1) is 7.30. The highest BCUT2D eigenvalue weighted by atomic mass is 16.5. The molecule has 1 aliphatic rings. The van der Waals surface area contributed by atoms with Crippen LogP contribution in [0.15, 0.2) is 0 Å². The molecule has 0 bridgehead atoms. The van der Waals surface area contributed by atoms with Crippen LogP contribution in [0.5, 0.6) is 0 Å². The average Bonchev–Trinajstić information content (AvgIpc) is 2.34. The van der Waals surface area contributed by atoms with E-state index < -0.39 is 0 Å². The molecule has 0 aliphatic carbocycles. The van der Waals surface area contributed by atoms with Crippen LogP contribution in [-0.4, -0.2) is 18.5 Å². The van der Waals surface area contributed by atoms with Crippen LogP contribution in [0, 0.1) is 18.3 Å². The van der Waals surface area contributed by atoms with Gasteiger partial charge in [0.05, 0.1) is 12.0 Å². The first-order valence-corrected chi connectivity index (χ1v) is 3.37. The van der Waals surface area contributed by atoms with Crippen LogP contribution < -0.4 is 0 Å². The number of ketones is 1. The van der Waals surface area contributed by atoms with E-state index >= 15 is 0 Å². The Morgan fingerprint density at radius 3 is 2.90 bits per heavy atom. The van der Waals surface area contributed by atoms with Crippen LogP contribution in [0.25, 0.3) is 0 Å². The van der Waals surface area contributed by atoms with E-state index in [9.17, 15) is 4.79 Å². The molecule has 2 unspecified atom stereocenters. The van der Waals surface area contributed by atoms with Crippen LogP contribution in [0.4, 0.5) is 0 Å². The molecule has 0 spiro atoms. The zero-order chi connectivity index (χ0) is 7.56. The third kappa shape index (κ3) is 1.19. The lowest BCUT2D eigenvalue weighted by Gasteiger charge is -2.07. The Balaban J connectivity index is 2.57. The predicted molar refractivity (Wildman–Crippen MR) is 37.4 cm³/mol. The second-order valence-corrected chi connectivity index (χ2v) is 2.48. The summed E-state index contributed by atoms with van der Waals surface area (Å²) in [6.07, 6.45) is 5.76. The quantitative estimate of drug-likeness (QED) is 0.392. The van der Waals surface area contributed by atoms with Gasteiger partial charge in [-0.15, -0.1) is 6.42 Å². The van der Waals surface area contributed by atoms with Crippen molar-refractivity contribution >= 4 is 5.78 Å². The molecule has 0 aromatic carbocycles. The van der Waals surface area contributed by atoms with E-state index in [1.807, 2.05) is 6.92 Å². The molecule has 0 saturated carbocycles. The van der Waals surface area contributed by atoms with Gasteiger partial charge in [-0.2, -0.15) is 0 Å². The van der Waals surface area contributed by atoms with Crippen LogP contribution in [-0.2, 0) is 9.53 Å². The number of carbonyl (C=O) groups is 1. The first-order valence-electron chi connectivity index (χ1n) is 3.37. The van der Waals surface area contributed by atoms with E-state index in [0.29, 0.717) is 6.61 Å². The number of Topliss-reactive ketones (excluding diaryl/α,β-unsaturated/α-hetero) is 1. The van der Waals surface area contributed by atoms with Gasteiger partial charge in [-0.05, 0) is 19.3 Å². The lowest BCUT2D eigenvalue weighted by atomic mass is 9.98. The fourth-order valence-electron chi connectivity index (χ4n) is 1.18. The minimum atomic E-state index is -0.120. The van der Waals surface area contributed by atoms with E-state index in [2.05, 4.69) is 5.92 Å². The second kappa shape index (κ2) is 2.85. The highest BCUT2D eigenvalue weighted by Gasteiger charge is 2.29. The number of terminal acetylenes is 1. The lowest BCUT2D eigenvalue weighted by molar-refractivity contribution is -0.118. The summed E-state index contributed by atoms with van der Waals surface area (Å²) in [5.74, 6) is 1.95. The van der Waals surface area contributed by atoms with Gasteiger partial charge in [-0.3, -0.25) is 4.79 Å². The smallest absolute Gasteiger partial charge is 0.210 e. The van der Waals surface area contributed by atoms with Crippen molar-refractivity contribution in [2.75, 3.05) is 6.61 Å². The average molecular weight is 138 g/mol. The monoisotopic (exact) mass is 138 g/mol. The van der Waals surface area contributed by atoms with E-state index in [1.54, 1.807) is 0 Å². The normalized spacial score (nSPS) is 31.6. The van der Waals surface area contributed by atoms with Crippen LogP contribution in [0.2, 0.25) is 0 Å². The molecule has 1 aliphatic heterocycles. The van der Waals surface area contributed by atoms with E-state index in [4.69, 9.17) is 11.2 Å². The first-order chi connectivity index (χ1) is 4.75. The third-order valence-corrected chi connectivity index (χ3v) is 1.86. The number of rotatable bonds is 1. The Bertz CT molecular complexity index is 178. The standard InChI is InChI=1S/C8H10O2/c1-3-8(9)7-4-5-10-6(7)2/h1,6-7H,4-5H2,2H3. The number of ether oxygens (including phenoxy) is 1. The van der Waals surface area contributed by atoms with E-state index in [0.717, 1.165) is 6.42 Å². The lowest BCUT2D eigenvalue weighted by Crippen LogP contribution is -2.19. The van der Waals surface area contributed by atoms with Crippen LogP contribution >= 0.6 is 0 Å². The fraction of sp³-hybridized carbons (Fsp3) is 0.625.